The summed E-state index contributed by atoms with van der Waals surface area (Å²) < 4.78 is 34.9. The SMILES string of the molecule is N#C/C(=C\C1CC1)C(=O)N1CCC[C@H](n2nc(-c3ccc(Oc4cc(F)ccc4F)cc3)c3c(N)ncnc32)C1. The van der Waals surface area contributed by atoms with E-state index in [4.69, 9.17) is 15.6 Å². The second kappa shape index (κ2) is 10.4. The van der Waals surface area contributed by atoms with Crippen LogP contribution in [0.2, 0.25) is 0 Å². The molecule has 11 heteroatoms. The molecule has 1 atom stereocenters. The molecule has 2 N–H and O–H groups in total. The average molecular weight is 542 g/mol. The van der Waals surface area contributed by atoms with Crippen molar-refractivity contribution in [3.63, 3.8) is 0 Å². The van der Waals surface area contributed by atoms with Crippen molar-refractivity contribution in [3.8, 4) is 28.8 Å². The third-order valence-electron chi connectivity index (χ3n) is 7.17. The van der Waals surface area contributed by atoms with Gasteiger partial charge in [-0.25, -0.2) is 23.4 Å². The smallest absolute Gasteiger partial charge is 0.264 e. The number of rotatable bonds is 6. The van der Waals surface area contributed by atoms with Crippen LogP contribution in [0.15, 0.2) is 60.4 Å². The Hall–Kier alpha value is -4.85. The lowest BCUT2D eigenvalue weighted by Gasteiger charge is -2.32. The zero-order valence-electron chi connectivity index (χ0n) is 21.4. The summed E-state index contributed by atoms with van der Waals surface area (Å²) in [6.07, 6.45) is 6.71. The van der Waals surface area contributed by atoms with Crippen LogP contribution in [-0.2, 0) is 4.79 Å². The minimum atomic E-state index is -0.676. The van der Waals surface area contributed by atoms with Crippen LogP contribution < -0.4 is 10.5 Å². The second-order valence-corrected chi connectivity index (χ2v) is 10.0. The Morgan fingerprint density at radius 3 is 2.67 bits per heavy atom. The lowest BCUT2D eigenvalue weighted by atomic mass is 10.0. The van der Waals surface area contributed by atoms with Crippen molar-refractivity contribution >= 4 is 22.8 Å². The fraction of sp³-hybridized carbons (Fsp3) is 0.276. The quantitative estimate of drug-likeness (QED) is 0.264. The number of fused-ring (bicyclic) bond motifs is 1. The summed E-state index contributed by atoms with van der Waals surface area (Å²) in [5.74, 6) is -0.859. The van der Waals surface area contributed by atoms with Gasteiger partial charge in [0, 0.05) is 24.7 Å². The first-order valence-electron chi connectivity index (χ1n) is 13.0. The van der Waals surface area contributed by atoms with E-state index in [1.54, 1.807) is 39.9 Å². The van der Waals surface area contributed by atoms with Gasteiger partial charge in [0.1, 0.15) is 41.0 Å². The van der Waals surface area contributed by atoms with Crippen LogP contribution in [0.3, 0.4) is 0 Å². The fourth-order valence-electron chi connectivity index (χ4n) is 4.98. The summed E-state index contributed by atoms with van der Waals surface area (Å²) in [5, 5.41) is 15.0. The Kier molecular flexibility index (Phi) is 6.59. The lowest BCUT2D eigenvalue weighted by molar-refractivity contribution is -0.128. The number of hydrogen-bond acceptors (Lipinski definition) is 7. The number of ether oxygens (including phenoxy) is 1. The summed E-state index contributed by atoms with van der Waals surface area (Å²) in [7, 11) is 0. The van der Waals surface area contributed by atoms with Crippen molar-refractivity contribution in [2.75, 3.05) is 18.8 Å². The summed E-state index contributed by atoms with van der Waals surface area (Å²) >= 11 is 0. The Bertz CT molecular complexity index is 1670. The van der Waals surface area contributed by atoms with Gasteiger partial charge in [-0.2, -0.15) is 10.4 Å². The molecule has 0 spiro atoms. The summed E-state index contributed by atoms with van der Waals surface area (Å²) in [5.41, 5.74) is 8.25. The van der Waals surface area contributed by atoms with E-state index >= 15 is 0 Å². The molecule has 0 radical (unpaired) electrons. The molecular weight excluding hydrogens is 516 g/mol. The Morgan fingerprint density at radius 1 is 1.12 bits per heavy atom. The van der Waals surface area contributed by atoms with Crippen LogP contribution in [0.25, 0.3) is 22.3 Å². The molecule has 40 heavy (non-hydrogen) atoms. The van der Waals surface area contributed by atoms with Gasteiger partial charge in [0.05, 0.1) is 11.4 Å². The number of carbonyl (C=O) groups excluding carboxylic acids is 1. The minimum Gasteiger partial charge on any atom is -0.454 e. The Morgan fingerprint density at radius 2 is 1.93 bits per heavy atom. The summed E-state index contributed by atoms with van der Waals surface area (Å²) in [6, 6.07) is 11.6. The van der Waals surface area contributed by atoms with Gasteiger partial charge in [-0.1, -0.05) is 6.08 Å². The summed E-state index contributed by atoms with van der Waals surface area (Å²) in [6.45, 7) is 0.949. The number of amides is 1. The number of nitrogens with zero attached hydrogens (tertiary/aromatic N) is 6. The number of piperidine rings is 1. The number of anilines is 1. The highest BCUT2D eigenvalue weighted by Crippen LogP contribution is 2.36. The molecule has 2 fully saturated rings. The highest BCUT2D eigenvalue weighted by atomic mass is 19.1. The molecule has 1 aliphatic carbocycles. The molecular formula is C29H25F2N7O2. The number of benzene rings is 2. The van der Waals surface area contributed by atoms with Crippen molar-refractivity contribution in [1.29, 1.82) is 5.26 Å². The van der Waals surface area contributed by atoms with Gasteiger partial charge in [0.25, 0.3) is 5.91 Å². The van der Waals surface area contributed by atoms with Crippen LogP contribution in [-0.4, -0.2) is 43.6 Å². The number of carbonyl (C=O) groups is 1. The molecule has 1 amide bonds. The third kappa shape index (κ3) is 4.96. The molecule has 2 aromatic heterocycles. The molecule has 6 rings (SSSR count). The van der Waals surface area contributed by atoms with E-state index in [1.165, 1.54) is 6.33 Å². The van der Waals surface area contributed by atoms with E-state index in [0.717, 1.165) is 43.9 Å². The first-order chi connectivity index (χ1) is 19.4. The number of nitrogen functional groups attached to an aromatic ring is 1. The van der Waals surface area contributed by atoms with E-state index in [2.05, 4.69) is 16.0 Å². The van der Waals surface area contributed by atoms with Gasteiger partial charge in [0.2, 0.25) is 0 Å². The fourth-order valence-corrected chi connectivity index (χ4v) is 4.98. The minimum absolute atomic E-state index is 0.178. The van der Waals surface area contributed by atoms with Gasteiger partial charge >= 0.3 is 0 Å². The van der Waals surface area contributed by atoms with Gasteiger partial charge < -0.3 is 15.4 Å². The van der Waals surface area contributed by atoms with E-state index in [-0.39, 0.29) is 29.1 Å². The van der Waals surface area contributed by atoms with E-state index < -0.39 is 11.6 Å². The zero-order valence-corrected chi connectivity index (χ0v) is 21.4. The first kappa shape index (κ1) is 25.4. The molecule has 202 valence electrons. The number of nitriles is 1. The molecule has 0 unspecified atom stereocenters. The highest BCUT2D eigenvalue weighted by Gasteiger charge is 2.31. The molecule has 1 saturated carbocycles. The van der Waals surface area contributed by atoms with E-state index in [0.29, 0.717) is 47.0 Å². The summed E-state index contributed by atoms with van der Waals surface area (Å²) in [4.78, 5) is 23.5. The first-order valence-corrected chi connectivity index (χ1v) is 13.0. The zero-order chi connectivity index (χ0) is 27.8. The Labute approximate surface area is 228 Å². The van der Waals surface area contributed by atoms with Crippen LogP contribution >= 0.6 is 0 Å². The average Bonchev–Trinajstić information content (AvgIpc) is 3.71. The van der Waals surface area contributed by atoms with Gasteiger partial charge in [-0.15, -0.1) is 0 Å². The standard InChI is InChI=1S/C29H25F2N7O2/c30-20-7-10-23(31)24(13-20)40-22-8-5-18(6-9-22)26-25-27(33)34-16-35-28(25)38(36-26)21-2-1-11-37(15-21)29(39)19(14-32)12-17-3-4-17/h5-10,12-13,16-17,21H,1-4,11,15H2,(H2,33,34,35)/b19-12+/t21-/m0/s1. The molecule has 4 aromatic rings. The van der Waals surface area contributed by atoms with E-state index in [9.17, 15) is 18.8 Å². The van der Waals surface area contributed by atoms with Gasteiger partial charge in [-0.05, 0) is 68.0 Å². The normalized spacial score (nSPS) is 17.6. The number of allylic oxidation sites excluding steroid dienone is 1. The number of nitrogens with two attached hydrogens (primary N) is 1. The monoisotopic (exact) mass is 541 g/mol. The molecule has 0 bridgehead atoms. The maximum absolute atomic E-state index is 14.0. The van der Waals surface area contributed by atoms with Gasteiger partial charge in [0.15, 0.2) is 17.2 Å². The van der Waals surface area contributed by atoms with Crippen molar-refractivity contribution in [3.05, 3.63) is 72.1 Å². The third-order valence-corrected chi connectivity index (χ3v) is 7.17. The van der Waals surface area contributed by atoms with Crippen molar-refractivity contribution in [1.82, 2.24) is 24.6 Å². The number of hydrogen-bond donors (Lipinski definition) is 1. The van der Waals surface area contributed by atoms with Crippen LogP contribution in [0.1, 0.15) is 31.7 Å². The predicted octanol–water partition coefficient (Wildman–Crippen LogP) is 5.17. The number of likely N-dealkylation sites (tertiary alicyclic amines) is 1. The maximum Gasteiger partial charge on any atom is 0.264 e. The van der Waals surface area contributed by atoms with Crippen molar-refractivity contribution in [2.24, 2.45) is 5.92 Å². The van der Waals surface area contributed by atoms with Gasteiger partial charge in [-0.3, -0.25) is 4.79 Å². The highest BCUT2D eigenvalue weighted by molar-refractivity contribution is 5.99. The molecule has 9 nitrogen and oxygen atoms in total. The molecule has 2 aliphatic rings. The maximum atomic E-state index is 14.0. The second-order valence-electron chi connectivity index (χ2n) is 10.0. The van der Waals surface area contributed by atoms with Crippen LogP contribution in [0.5, 0.6) is 11.5 Å². The number of aromatic nitrogens is 4. The lowest BCUT2D eigenvalue weighted by Crippen LogP contribution is -2.41. The van der Waals surface area contributed by atoms with Crippen LogP contribution in [0.4, 0.5) is 14.6 Å². The topological polar surface area (TPSA) is 123 Å². The number of halogens is 2. The van der Waals surface area contributed by atoms with Crippen LogP contribution in [0, 0.1) is 28.9 Å². The van der Waals surface area contributed by atoms with E-state index in [1.807, 2.05) is 0 Å². The molecule has 2 aromatic carbocycles. The molecule has 1 saturated heterocycles. The molecule has 3 heterocycles. The predicted molar refractivity (Wildman–Crippen MR) is 143 cm³/mol. The van der Waals surface area contributed by atoms with Crippen molar-refractivity contribution in [2.45, 2.75) is 31.7 Å². The van der Waals surface area contributed by atoms with Crippen molar-refractivity contribution < 1.29 is 18.3 Å². The molecule has 1 aliphatic heterocycles. The Balaban J connectivity index is 1.30. The largest absolute Gasteiger partial charge is 0.454 e.